The van der Waals surface area contributed by atoms with Crippen molar-refractivity contribution in [3.63, 3.8) is 0 Å². The number of thioether (sulfide) groups is 1. The highest BCUT2D eigenvalue weighted by Gasteiger charge is 2.36. The second-order valence-electron chi connectivity index (χ2n) is 5.67. The summed E-state index contributed by atoms with van der Waals surface area (Å²) in [5, 5.41) is -0.453. The molecule has 0 atom stereocenters. The molecule has 0 aliphatic carbocycles. The van der Waals surface area contributed by atoms with E-state index in [1.165, 1.54) is 0 Å². The van der Waals surface area contributed by atoms with Gasteiger partial charge < -0.3 is 9.47 Å². The van der Waals surface area contributed by atoms with Crippen molar-refractivity contribution in [2.75, 3.05) is 13.3 Å². The minimum atomic E-state index is -0.470. The molecule has 0 bridgehead atoms. The predicted octanol–water partition coefficient (Wildman–Crippen LogP) is 3.33. The van der Waals surface area contributed by atoms with Crippen molar-refractivity contribution in [3.05, 3.63) is 64.6 Å². The van der Waals surface area contributed by atoms with E-state index in [0.717, 1.165) is 16.7 Å². The quantitative estimate of drug-likeness (QED) is 0.610. The minimum Gasteiger partial charge on any atom is -0.454 e. The van der Waals surface area contributed by atoms with Crippen LogP contribution in [0.4, 0.5) is 4.79 Å². The number of benzene rings is 2. The zero-order valence-corrected chi connectivity index (χ0v) is 14.3. The Morgan fingerprint density at radius 2 is 1.85 bits per heavy atom. The summed E-state index contributed by atoms with van der Waals surface area (Å²) in [6, 6.07) is 13.8. The van der Waals surface area contributed by atoms with Gasteiger partial charge in [0.15, 0.2) is 17.3 Å². The van der Waals surface area contributed by atoms with Gasteiger partial charge in [-0.2, -0.15) is 0 Å². The van der Waals surface area contributed by atoms with Crippen molar-refractivity contribution >= 4 is 34.8 Å². The molecular formula is C19H13NO5S. The molecule has 1 fully saturated rings. The van der Waals surface area contributed by atoms with E-state index in [1.807, 2.05) is 0 Å². The number of amides is 2. The first-order valence-electron chi connectivity index (χ1n) is 7.85. The van der Waals surface area contributed by atoms with Crippen molar-refractivity contribution in [2.45, 2.75) is 0 Å². The van der Waals surface area contributed by atoms with E-state index < -0.39 is 11.1 Å². The second kappa shape index (κ2) is 6.68. The number of ketones is 1. The third-order valence-electron chi connectivity index (χ3n) is 3.97. The third kappa shape index (κ3) is 3.09. The van der Waals surface area contributed by atoms with Crippen LogP contribution in [0, 0.1) is 0 Å². The van der Waals surface area contributed by atoms with E-state index in [2.05, 4.69) is 0 Å². The smallest absolute Gasteiger partial charge is 0.293 e. The Labute approximate surface area is 153 Å². The average molecular weight is 367 g/mol. The molecule has 1 saturated heterocycles. The largest absolute Gasteiger partial charge is 0.454 e. The first kappa shape index (κ1) is 16.4. The molecule has 0 radical (unpaired) electrons. The lowest BCUT2D eigenvalue weighted by Gasteiger charge is -2.11. The first-order chi connectivity index (χ1) is 12.6. The maximum Gasteiger partial charge on any atom is 0.293 e. The van der Waals surface area contributed by atoms with Gasteiger partial charge in [-0.3, -0.25) is 19.3 Å². The van der Waals surface area contributed by atoms with Gasteiger partial charge in [-0.1, -0.05) is 36.4 Å². The maximum absolute atomic E-state index is 12.5. The molecule has 0 N–H and O–H groups in total. The van der Waals surface area contributed by atoms with E-state index in [0.29, 0.717) is 22.6 Å². The van der Waals surface area contributed by atoms with E-state index in [-0.39, 0.29) is 24.0 Å². The van der Waals surface area contributed by atoms with Gasteiger partial charge in [0.05, 0.1) is 11.4 Å². The van der Waals surface area contributed by atoms with Crippen LogP contribution < -0.4 is 9.47 Å². The number of ether oxygens (including phenoxy) is 2. The lowest BCUT2D eigenvalue weighted by Crippen LogP contribution is -2.33. The number of carbonyl (C=O) groups excluding carboxylic acids is 3. The Morgan fingerprint density at radius 3 is 2.65 bits per heavy atom. The normalized spacial score (nSPS) is 17.2. The van der Waals surface area contributed by atoms with E-state index in [4.69, 9.17) is 9.47 Å². The van der Waals surface area contributed by atoms with Crippen LogP contribution >= 0.6 is 11.8 Å². The SMILES string of the molecule is O=C(CN1C(=O)S/C(=C/c2ccc3c(c2)OCO3)C1=O)c1ccccc1. The molecule has 2 aromatic carbocycles. The standard InChI is InChI=1S/C19H13NO5S/c21-14(13-4-2-1-3-5-13)10-20-18(22)17(26-19(20)23)9-12-6-7-15-16(8-12)25-11-24-15/h1-9H,10-11H2/b17-9+. The van der Waals surface area contributed by atoms with Gasteiger partial charge in [0.1, 0.15) is 0 Å². The monoisotopic (exact) mass is 367 g/mol. The van der Waals surface area contributed by atoms with Gasteiger partial charge >= 0.3 is 0 Å². The molecule has 2 heterocycles. The summed E-state index contributed by atoms with van der Waals surface area (Å²) in [5.74, 6) is 0.486. The van der Waals surface area contributed by atoms with Gasteiger partial charge in [-0.25, -0.2) is 0 Å². The van der Waals surface area contributed by atoms with Crippen LogP contribution in [0.3, 0.4) is 0 Å². The molecule has 2 aliphatic heterocycles. The van der Waals surface area contributed by atoms with Gasteiger partial charge in [0, 0.05) is 5.56 Å². The summed E-state index contributed by atoms with van der Waals surface area (Å²) in [5.41, 5.74) is 1.18. The summed E-state index contributed by atoms with van der Waals surface area (Å²) in [4.78, 5) is 38.2. The Morgan fingerprint density at radius 1 is 1.08 bits per heavy atom. The summed E-state index contributed by atoms with van der Waals surface area (Å²) < 4.78 is 10.6. The number of nitrogens with zero attached hydrogens (tertiary/aromatic N) is 1. The molecule has 0 spiro atoms. The Hall–Kier alpha value is -3.06. The predicted molar refractivity (Wildman–Crippen MR) is 96.0 cm³/mol. The van der Waals surface area contributed by atoms with Crippen molar-refractivity contribution in [1.29, 1.82) is 0 Å². The molecule has 4 rings (SSSR count). The van der Waals surface area contributed by atoms with E-state index in [1.54, 1.807) is 54.6 Å². The first-order valence-corrected chi connectivity index (χ1v) is 8.67. The van der Waals surface area contributed by atoms with Crippen LogP contribution in [0.5, 0.6) is 11.5 Å². The molecule has 2 aliphatic rings. The molecule has 130 valence electrons. The molecule has 7 heteroatoms. The van der Waals surface area contributed by atoms with Gasteiger partial charge in [0.25, 0.3) is 11.1 Å². The van der Waals surface area contributed by atoms with Gasteiger partial charge in [-0.05, 0) is 35.5 Å². The van der Waals surface area contributed by atoms with Crippen molar-refractivity contribution in [1.82, 2.24) is 4.90 Å². The summed E-state index contributed by atoms with van der Waals surface area (Å²) in [7, 11) is 0. The Bertz CT molecular complexity index is 938. The number of carbonyl (C=O) groups is 3. The topological polar surface area (TPSA) is 72.9 Å². The van der Waals surface area contributed by atoms with Gasteiger partial charge in [0.2, 0.25) is 6.79 Å². The third-order valence-corrected chi connectivity index (χ3v) is 4.87. The number of fused-ring (bicyclic) bond motifs is 1. The average Bonchev–Trinajstić information content (AvgIpc) is 3.22. The summed E-state index contributed by atoms with van der Waals surface area (Å²) in [6.07, 6.45) is 1.61. The van der Waals surface area contributed by atoms with Crippen LogP contribution in [0.15, 0.2) is 53.4 Å². The van der Waals surface area contributed by atoms with Crippen LogP contribution in [0.2, 0.25) is 0 Å². The summed E-state index contributed by atoms with van der Waals surface area (Å²) >= 11 is 0.821. The zero-order valence-electron chi connectivity index (χ0n) is 13.5. The lowest BCUT2D eigenvalue weighted by atomic mass is 10.1. The van der Waals surface area contributed by atoms with Crippen LogP contribution in [-0.2, 0) is 4.79 Å². The number of hydrogen-bond donors (Lipinski definition) is 0. The highest BCUT2D eigenvalue weighted by Crippen LogP contribution is 2.36. The molecule has 0 saturated carbocycles. The van der Waals surface area contributed by atoms with Crippen LogP contribution in [0.1, 0.15) is 15.9 Å². The van der Waals surface area contributed by atoms with Crippen molar-refractivity contribution < 1.29 is 23.9 Å². The highest BCUT2D eigenvalue weighted by molar-refractivity contribution is 8.18. The minimum absolute atomic E-state index is 0.164. The summed E-state index contributed by atoms with van der Waals surface area (Å²) in [6.45, 7) is -0.107. The molecular weight excluding hydrogens is 354 g/mol. The fraction of sp³-hybridized carbons (Fsp3) is 0.105. The number of imide groups is 1. The van der Waals surface area contributed by atoms with E-state index in [9.17, 15) is 14.4 Å². The van der Waals surface area contributed by atoms with Crippen molar-refractivity contribution in [3.8, 4) is 11.5 Å². The van der Waals surface area contributed by atoms with Gasteiger partial charge in [-0.15, -0.1) is 0 Å². The van der Waals surface area contributed by atoms with Crippen molar-refractivity contribution in [2.24, 2.45) is 0 Å². The molecule has 6 nitrogen and oxygen atoms in total. The highest BCUT2D eigenvalue weighted by atomic mass is 32.2. The Balaban J connectivity index is 1.53. The van der Waals surface area contributed by atoms with E-state index >= 15 is 0 Å². The number of Topliss-reactive ketones (excluding diaryl/α,β-unsaturated/α-hetero) is 1. The van der Waals surface area contributed by atoms with Crippen LogP contribution in [0.25, 0.3) is 6.08 Å². The fourth-order valence-electron chi connectivity index (χ4n) is 2.65. The second-order valence-corrected chi connectivity index (χ2v) is 6.66. The Kier molecular flexibility index (Phi) is 4.22. The number of hydrogen-bond acceptors (Lipinski definition) is 6. The molecule has 2 amide bonds. The molecule has 0 unspecified atom stereocenters. The number of rotatable bonds is 4. The molecule has 0 aromatic heterocycles. The maximum atomic E-state index is 12.5. The fourth-order valence-corrected chi connectivity index (χ4v) is 3.49. The molecule has 2 aromatic rings. The molecule has 26 heavy (non-hydrogen) atoms. The van der Waals surface area contributed by atoms with Crippen LogP contribution in [-0.4, -0.2) is 35.2 Å². The lowest BCUT2D eigenvalue weighted by molar-refractivity contribution is -0.122. The zero-order chi connectivity index (χ0) is 18.1.